The van der Waals surface area contributed by atoms with Crippen molar-refractivity contribution in [3.05, 3.63) is 0 Å². The highest BCUT2D eigenvalue weighted by atomic mass is 16.2. The van der Waals surface area contributed by atoms with Crippen molar-refractivity contribution in [1.82, 2.24) is 0 Å². The van der Waals surface area contributed by atoms with Gasteiger partial charge in [-0.3, -0.25) is 9.59 Å². The van der Waals surface area contributed by atoms with Gasteiger partial charge in [0.25, 0.3) is 0 Å². The van der Waals surface area contributed by atoms with E-state index in [1.165, 1.54) is 0 Å². The molecule has 0 atom stereocenters. The zero-order chi connectivity index (χ0) is 9.35. The largest absolute Gasteiger partial charge is 0.299 e. The quantitative estimate of drug-likeness (QED) is 0.518. The predicted octanol–water partition coefficient (Wildman–Crippen LogP) is 1.97. The Morgan fingerprint density at radius 2 is 1.50 bits per heavy atom. The Kier molecular flexibility index (Phi) is 2.36. The molecule has 2 heteroatoms. The molecule has 0 bridgehead atoms. The van der Waals surface area contributed by atoms with E-state index in [1.807, 2.05) is 20.8 Å². The van der Waals surface area contributed by atoms with E-state index in [0.717, 1.165) is 6.42 Å². The van der Waals surface area contributed by atoms with E-state index in [0.29, 0.717) is 12.8 Å². The molecule has 0 heterocycles. The summed E-state index contributed by atoms with van der Waals surface area (Å²) in [4.78, 5) is 22.9. The maximum atomic E-state index is 11.4. The molecule has 1 aliphatic rings. The molecule has 0 aromatic heterocycles. The second-order valence-electron chi connectivity index (χ2n) is 4.59. The van der Waals surface area contributed by atoms with Crippen LogP contribution in [0, 0.1) is 11.3 Å². The van der Waals surface area contributed by atoms with E-state index in [-0.39, 0.29) is 22.9 Å². The fraction of sp³-hybridized carbons (Fsp3) is 0.800. The van der Waals surface area contributed by atoms with Crippen molar-refractivity contribution in [3.63, 3.8) is 0 Å². The molecular formula is C10H16O2. The van der Waals surface area contributed by atoms with Crippen LogP contribution >= 0.6 is 0 Å². The van der Waals surface area contributed by atoms with Gasteiger partial charge in [0.15, 0.2) is 0 Å². The standard InChI is InChI=1S/C10H16O2/c1-10(2,3)9-7(11)5-4-6-8(9)12/h9H,4-6H2,1-3H3. The summed E-state index contributed by atoms with van der Waals surface area (Å²) in [5.41, 5.74) is -0.186. The van der Waals surface area contributed by atoms with E-state index < -0.39 is 0 Å². The van der Waals surface area contributed by atoms with Gasteiger partial charge >= 0.3 is 0 Å². The minimum Gasteiger partial charge on any atom is -0.299 e. The van der Waals surface area contributed by atoms with Gasteiger partial charge in [-0.2, -0.15) is 0 Å². The molecule has 0 unspecified atom stereocenters. The number of carbonyl (C=O) groups excluding carboxylic acids is 2. The maximum absolute atomic E-state index is 11.4. The van der Waals surface area contributed by atoms with E-state index >= 15 is 0 Å². The second-order valence-corrected chi connectivity index (χ2v) is 4.59. The van der Waals surface area contributed by atoms with Crippen molar-refractivity contribution >= 4 is 11.6 Å². The van der Waals surface area contributed by atoms with Gasteiger partial charge in [0, 0.05) is 12.8 Å². The van der Waals surface area contributed by atoms with Crippen LogP contribution in [0.15, 0.2) is 0 Å². The molecule has 0 spiro atoms. The van der Waals surface area contributed by atoms with Crippen LogP contribution in [0.3, 0.4) is 0 Å². The zero-order valence-corrected chi connectivity index (χ0v) is 8.02. The SMILES string of the molecule is CC(C)(C)C1C(=O)CCCC1=O. The van der Waals surface area contributed by atoms with Crippen molar-refractivity contribution in [2.45, 2.75) is 40.0 Å². The van der Waals surface area contributed by atoms with Gasteiger partial charge in [0.1, 0.15) is 11.6 Å². The summed E-state index contributed by atoms with van der Waals surface area (Å²) in [5, 5.41) is 0. The Hall–Kier alpha value is -0.660. The maximum Gasteiger partial charge on any atom is 0.143 e. The molecule has 0 aromatic rings. The van der Waals surface area contributed by atoms with Gasteiger partial charge in [0.2, 0.25) is 0 Å². The minimum absolute atomic E-state index is 0.138. The lowest BCUT2D eigenvalue weighted by atomic mass is 9.71. The van der Waals surface area contributed by atoms with Crippen LogP contribution in [0.4, 0.5) is 0 Å². The molecular weight excluding hydrogens is 152 g/mol. The van der Waals surface area contributed by atoms with Crippen LogP contribution in [-0.2, 0) is 9.59 Å². The van der Waals surface area contributed by atoms with Gasteiger partial charge in [-0.05, 0) is 11.8 Å². The average Bonchev–Trinajstić information content (AvgIpc) is 1.82. The van der Waals surface area contributed by atoms with Crippen molar-refractivity contribution in [1.29, 1.82) is 0 Å². The van der Waals surface area contributed by atoms with Crippen molar-refractivity contribution in [3.8, 4) is 0 Å². The molecule has 1 fully saturated rings. The van der Waals surface area contributed by atoms with E-state index in [4.69, 9.17) is 0 Å². The van der Waals surface area contributed by atoms with Crippen LogP contribution in [0.25, 0.3) is 0 Å². The van der Waals surface area contributed by atoms with Crippen LogP contribution in [0.5, 0.6) is 0 Å². The summed E-state index contributed by atoms with van der Waals surface area (Å²) < 4.78 is 0. The molecule has 0 radical (unpaired) electrons. The molecule has 1 rings (SSSR count). The van der Waals surface area contributed by atoms with Crippen molar-refractivity contribution < 1.29 is 9.59 Å². The number of ketones is 2. The van der Waals surface area contributed by atoms with Gasteiger partial charge in [-0.25, -0.2) is 0 Å². The van der Waals surface area contributed by atoms with Gasteiger partial charge in [0.05, 0.1) is 5.92 Å². The highest BCUT2D eigenvalue weighted by molar-refractivity contribution is 6.05. The van der Waals surface area contributed by atoms with Crippen LogP contribution < -0.4 is 0 Å². The third-order valence-corrected chi connectivity index (χ3v) is 2.36. The summed E-state index contributed by atoms with van der Waals surface area (Å²) in [6, 6.07) is 0. The fourth-order valence-electron chi connectivity index (χ4n) is 1.87. The zero-order valence-electron chi connectivity index (χ0n) is 8.02. The summed E-state index contributed by atoms with van der Waals surface area (Å²) in [6.45, 7) is 5.87. The average molecular weight is 168 g/mol. The third kappa shape index (κ3) is 1.74. The Labute approximate surface area is 73.3 Å². The Morgan fingerprint density at radius 1 is 1.08 bits per heavy atom. The Morgan fingerprint density at radius 3 is 1.75 bits per heavy atom. The lowest BCUT2D eigenvalue weighted by Crippen LogP contribution is -2.38. The molecule has 68 valence electrons. The normalized spacial score (nSPS) is 21.6. The first kappa shape index (κ1) is 9.43. The van der Waals surface area contributed by atoms with Gasteiger partial charge in [-0.15, -0.1) is 0 Å². The predicted molar refractivity (Wildman–Crippen MR) is 46.8 cm³/mol. The van der Waals surface area contributed by atoms with Crippen LogP contribution in [-0.4, -0.2) is 11.6 Å². The molecule has 0 aliphatic heterocycles. The summed E-state index contributed by atoms with van der Waals surface area (Å²) in [7, 11) is 0. The molecule has 2 nitrogen and oxygen atoms in total. The summed E-state index contributed by atoms with van der Waals surface area (Å²) in [5.74, 6) is -0.0660. The lowest BCUT2D eigenvalue weighted by molar-refractivity contribution is -0.139. The third-order valence-electron chi connectivity index (χ3n) is 2.36. The van der Waals surface area contributed by atoms with E-state index in [9.17, 15) is 9.59 Å². The van der Waals surface area contributed by atoms with Gasteiger partial charge < -0.3 is 0 Å². The lowest BCUT2D eigenvalue weighted by Gasteiger charge is -2.30. The topological polar surface area (TPSA) is 34.1 Å². The molecule has 1 saturated carbocycles. The first-order valence-corrected chi connectivity index (χ1v) is 4.48. The number of rotatable bonds is 0. The second kappa shape index (κ2) is 3.00. The monoisotopic (exact) mass is 168 g/mol. The van der Waals surface area contributed by atoms with Crippen LogP contribution in [0.2, 0.25) is 0 Å². The fourth-order valence-corrected chi connectivity index (χ4v) is 1.87. The molecule has 0 N–H and O–H groups in total. The number of carbonyl (C=O) groups is 2. The van der Waals surface area contributed by atoms with Gasteiger partial charge in [-0.1, -0.05) is 20.8 Å². The first-order chi connectivity index (χ1) is 5.43. The first-order valence-electron chi connectivity index (χ1n) is 4.48. The molecule has 0 aromatic carbocycles. The van der Waals surface area contributed by atoms with Crippen molar-refractivity contribution in [2.75, 3.05) is 0 Å². The molecule has 0 amide bonds. The highest BCUT2D eigenvalue weighted by Gasteiger charge is 2.38. The molecule has 12 heavy (non-hydrogen) atoms. The smallest absolute Gasteiger partial charge is 0.143 e. The van der Waals surface area contributed by atoms with Crippen LogP contribution in [0.1, 0.15) is 40.0 Å². The summed E-state index contributed by atoms with van der Waals surface area (Å²) in [6.07, 6.45) is 1.94. The molecule has 1 aliphatic carbocycles. The summed E-state index contributed by atoms with van der Waals surface area (Å²) >= 11 is 0. The van der Waals surface area contributed by atoms with Crippen molar-refractivity contribution in [2.24, 2.45) is 11.3 Å². The Bertz CT molecular complexity index is 194. The number of hydrogen-bond acceptors (Lipinski definition) is 2. The Balaban J connectivity index is 2.84. The van der Waals surface area contributed by atoms with E-state index in [2.05, 4.69) is 0 Å². The number of Topliss-reactive ketones (excluding diaryl/α,β-unsaturated/α-hetero) is 2. The number of hydrogen-bond donors (Lipinski definition) is 0. The molecule has 0 saturated heterocycles. The highest BCUT2D eigenvalue weighted by Crippen LogP contribution is 2.32. The minimum atomic E-state index is -0.341. The van der Waals surface area contributed by atoms with E-state index in [1.54, 1.807) is 0 Å².